The van der Waals surface area contributed by atoms with Gasteiger partial charge in [-0.1, -0.05) is 23.9 Å². The van der Waals surface area contributed by atoms with Crippen LogP contribution in [-0.4, -0.2) is 32.3 Å². The summed E-state index contributed by atoms with van der Waals surface area (Å²) in [5.74, 6) is -2.29. The third-order valence-electron chi connectivity index (χ3n) is 5.09. The Kier molecular flexibility index (Phi) is 8.05. The summed E-state index contributed by atoms with van der Waals surface area (Å²) in [6.45, 7) is -0.249. The Bertz CT molecular complexity index is 1460. The minimum absolute atomic E-state index is 0.0437. The molecule has 0 fully saturated rings. The van der Waals surface area contributed by atoms with Gasteiger partial charge in [-0.05, 0) is 60.7 Å². The summed E-state index contributed by atoms with van der Waals surface area (Å²) in [6, 6.07) is 14.5. The molecule has 0 radical (unpaired) electrons. The second kappa shape index (κ2) is 11.4. The molecule has 1 aromatic heterocycles. The summed E-state index contributed by atoms with van der Waals surface area (Å²) >= 11 is 0.899. The van der Waals surface area contributed by atoms with Crippen molar-refractivity contribution >= 4 is 29.3 Å². The number of hydrogen-bond acceptors (Lipinski definition) is 5. The second-order valence-electron chi connectivity index (χ2n) is 7.82. The molecule has 7 nitrogen and oxygen atoms in total. The minimum Gasteiger partial charge on any atom is -0.345 e. The van der Waals surface area contributed by atoms with Crippen LogP contribution in [-0.2, 0) is 17.5 Å². The zero-order valence-corrected chi connectivity index (χ0v) is 20.1. The van der Waals surface area contributed by atoms with E-state index in [2.05, 4.69) is 20.8 Å². The van der Waals surface area contributed by atoms with Crippen LogP contribution in [0.2, 0.25) is 0 Å². The number of rotatable bonds is 8. The predicted octanol–water partition coefficient (Wildman–Crippen LogP) is 5.23. The molecule has 0 atom stereocenters. The van der Waals surface area contributed by atoms with E-state index in [1.165, 1.54) is 59.2 Å². The number of nitrogens with zero attached hydrogens (tertiary/aromatic N) is 3. The van der Waals surface area contributed by atoms with Gasteiger partial charge < -0.3 is 10.6 Å². The van der Waals surface area contributed by atoms with Crippen molar-refractivity contribution in [3.8, 4) is 5.69 Å². The molecular weight excluding hydrogens is 529 g/mol. The molecule has 0 aliphatic carbocycles. The van der Waals surface area contributed by atoms with Gasteiger partial charge in [0.15, 0.2) is 11.0 Å². The first-order chi connectivity index (χ1) is 18.1. The van der Waals surface area contributed by atoms with E-state index in [1.807, 2.05) is 0 Å². The lowest BCUT2D eigenvalue weighted by Crippen LogP contribution is -2.25. The Morgan fingerprint density at radius 2 is 1.63 bits per heavy atom. The zero-order valence-electron chi connectivity index (χ0n) is 19.3. The van der Waals surface area contributed by atoms with Crippen LogP contribution < -0.4 is 10.6 Å². The monoisotopic (exact) mass is 547 g/mol. The third kappa shape index (κ3) is 6.73. The van der Waals surface area contributed by atoms with E-state index in [1.54, 1.807) is 0 Å². The highest BCUT2D eigenvalue weighted by Crippen LogP contribution is 2.31. The number of thioether (sulfide) groups is 1. The molecule has 0 saturated heterocycles. The molecule has 0 bridgehead atoms. The molecular formula is C25H18F5N5O2S. The van der Waals surface area contributed by atoms with Crippen molar-refractivity contribution in [1.82, 2.24) is 20.1 Å². The number of hydrogen-bond donors (Lipinski definition) is 2. The Morgan fingerprint density at radius 3 is 2.34 bits per heavy atom. The number of carbonyl (C=O) groups excluding carboxylic acids is 2. The molecule has 13 heteroatoms. The van der Waals surface area contributed by atoms with E-state index in [-0.39, 0.29) is 34.5 Å². The van der Waals surface area contributed by atoms with E-state index in [4.69, 9.17) is 0 Å². The molecule has 3 aromatic carbocycles. The lowest BCUT2D eigenvalue weighted by molar-refractivity contribution is -0.137. The van der Waals surface area contributed by atoms with Crippen molar-refractivity contribution in [2.45, 2.75) is 17.9 Å². The summed E-state index contributed by atoms with van der Waals surface area (Å²) < 4.78 is 67.9. The van der Waals surface area contributed by atoms with Crippen molar-refractivity contribution < 1.29 is 31.5 Å². The van der Waals surface area contributed by atoms with Crippen LogP contribution in [0.15, 0.2) is 78.0 Å². The van der Waals surface area contributed by atoms with Crippen molar-refractivity contribution in [3.63, 3.8) is 0 Å². The van der Waals surface area contributed by atoms with Crippen LogP contribution in [0.25, 0.3) is 5.69 Å². The first-order valence-electron chi connectivity index (χ1n) is 10.9. The van der Waals surface area contributed by atoms with Gasteiger partial charge in [0.2, 0.25) is 5.91 Å². The van der Waals surface area contributed by atoms with Crippen LogP contribution >= 0.6 is 11.8 Å². The van der Waals surface area contributed by atoms with Gasteiger partial charge in [-0.3, -0.25) is 14.2 Å². The standard InChI is InChI=1S/C25H18F5N5O2S/c26-17-7-9-19(10-8-17)32-22(36)14-38-24-34-33-21(13-31-23(37)15-3-1-5-18(27)11-15)35(24)20-6-2-4-16(12-20)25(28,29)30/h1-12H,13-14H2,(H,31,37)(H,32,36). The smallest absolute Gasteiger partial charge is 0.345 e. The van der Waals surface area contributed by atoms with E-state index >= 15 is 0 Å². The maximum absolute atomic E-state index is 13.5. The quantitative estimate of drug-likeness (QED) is 0.233. The summed E-state index contributed by atoms with van der Waals surface area (Å²) in [4.78, 5) is 24.8. The lowest BCUT2D eigenvalue weighted by atomic mass is 10.2. The van der Waals surface area contributed by atoms with Crippen LogP contribution in [0.4, 0.5) is 27.6 Å². The zero-order chi connectivity index (χ0) is 27.3. The van der Waals surface area contributed by atoms with Crippen LogP contribution in [0.3, 0.4) is 0 Å². The SMILES string of the molecule is O=C(CSc1nnc(CNC(=O)c2cccc(F)c2)n1-c1cccc(C(F)(F)F)c1)Nc1ccc(F)cc1. The fraction of sp³-hybridized carbons (Fsp3) is 0.120. The first kappa shape index (κ1) is 26.8. The Balaban J connectivity index is 1.57. The molecule has 38 heavy (non-hydrogen) atoms. The molecule has 0 aliphatic rings. The van der Waals surface area contributed by atoms with Crippen molar-refractivity contribution in [2.75, 3.05) is 11.1 Å². The van der Waals surface area contributed by atoms with Crippen molar-refractivity contribution in [2.24, 2.45) is 0 Å². The number of anilines is 1. The number of aromatic nitrogens is 3. The number of carbonyl (C=O) groups is 2. The summed E-state index contributed by atoms with van der Waals surface area (Å²) in [7, 11) is 0. The largest absolute Gasteiger partial charge is 0.416 e. The first-order valence-corrected chi connectivity index (χ1v) is 11.9. The predicted molar refractivity (Wildman–Crippen MR) is 130 cm³/mol. The molecule has 2 N–H and O–H groups in total. The molecule has 1 heterocycles. The van der Waals surface area contributed by atoms with Gasteiger partial charge in [0.1, 0.15) is 11.6 Å². The van der Waals surface area contributed by atoms with Gasteiger partial charge in [-0.15, -0.1) is 10.2 Å². The van der Waals surface area contributed by atoms with E-state index < -0.39 is 35.2 Å². The summed E-state index contributed by atoms with van der Waals surface area (Å²) in [5.41, 5.74) is -0.455. The van der Waals surface area contributed by atoms with Crippen LogP contribution in [0.1, 0.15) is 21.7 Å². The van der Waals surface area contributed by atoms with E-state index in [0.29, 0.717) is 5.69 Å². The number of amides is 2. The number of alkyl halides is 3. The highest BCUT2D eigenvalue weighted by atomic mass is 32.2. The molecule has 0 saturated carbocycles. The minimum atomic E-state index is -4.61. The molecule has 4 rings (SSSR count). The van der Waals surface area contributed by atoms with Gasteiger partial charge in [0.25, 0.3) is 5.91 Å². The highest BCUT2D eigenvalue weighted by Gasteiger charge is 2.31. The number of nitrogens with one attached hydrogen (secondary N) is 2. The van der Waals surface area contributed by atoms with Gasteiger partial charge >= 0.3 is 6.18 Å². The maximum Gasteiger partial charge on any atom is 0.416 e. The average Bonchev–Trinajstić information content (AvgIpc) is 3.30. The van der Waals surface area contributed by atoms with Crippen LogP contribution in [0, 0.1) is 11.6 Å². The lowest BCUT2D eigenvalue weighted by Gasteiger charge is -2.13. The van der Waals surface area contributed by atoms with Crippen molar-refractivity contribution in [1.29, 1.82) is 0 Å². The molecule has 0 unspecified atom stereocenters. The maximum atomic E-state index is 13.5. The summed E-state index contributed by atoms with van der Waals surface area (Å²) in [5, 5.41) is 13.2. The third-order valence-corrected chi connectivity index (χ3v) is 6.02. The van der Waals surface area contributed by atoms with Crippen molar-refractivity contribution in [3.05, 3.63) is 101 Å². The normalized spacial score (nSPS) is 11.3. The van der Waals surface area contributed by atoms with Crippen LogP contribution in [0.5, 0.6) is 0 Å². The second-order valence-corrected chi connectivity index (χ2v) is 8.76. The van der Waals surface area contributed by atoms with Gasteiger partial charge in [-0.2, -0.15) is 13.2 Å². The fourth-order valence-electron chi connectivity index (χ4n) is 3.34. The fourth-order valence-corrected chi connectivity index (χ4v) is 4.11. The topological polar surface area (TPSA) is 88.9 Å². The van der Waals surface area contributed by atoms with E-state index in [0.717, 1.165) is 30.0 Å². The molecule has 0 spiro atoms. The molecule has 0 aliphatic heterocycles. The van der Waals surface area contributed by atoms with Gasteiger partial charge in [-0.25, -0.2) is 8.78 Å². The average molecular weight is 548 g/mol. The molecule has 4 aromatic rings. The van der Waals surface area contributed by atoms with E-state index in [9.17, 15) is 31.5 Å². The Hall–Kier alpha value is -4.26. The van der Waals surface area contributed by atoms with Gasteiger partial charge in [0.05, 0.1) is 23.5 Å². The molecule has 196 valence electrons. The van der Waals surface area contributed by atoms with Gasteiger partial charge in [0, 0.05) is 11.3 Å². The summed E-state index contributed by atoms with van der Waals surface area (Å²) in [6.07, 6.45) is -4.61. The highest BCUT2D eigenvalue weighted by molar-refractivity contribution is 7.99. The number of halogens is 5. The Morgan fingerprint density at radius 1 is 0.895 bits per heavy atom. The number of benzene rings is 3. The molecule has 2 amide bonds. The Labute approximate surface area is 217 Å².